The largest absolute Gasteiger partial charge is 0.249 e. The molecule has 0 saturated heterocycles. The maximum Gasteiger partial charge on any atom is 0.249 e. The highest BCUT2D eigenvalue weighted by Gasteiger charge is 2.13. The van der Waals surface area contributed by atoms with Gasteiger partial charge < -0.3 is 0 Å². The first-order valence-corrected chi connectivity index (χ1v) is 6.66. The summed E-state index contributed by atoms with van der Waals surface area (Å²) in [4.78, 5) is 19.5. The lowest BCUT2D eigenvalue weighted by Crippen LogP contribution is -2.11. The van der Waals surface area contributed by atoms with E-state index >= 15 is 0 Å². The van der Waals surface area contributed by atoms with Gasteiger partial charge in [-0.2, -0.15) is 5.01 Å². The van der Waals surface area contributed by atoms with Gasteiger partial charge in [-0.05, 0) is 18.2 Å². The molecule has 0 aliphatic heterocycles. The Morgan fingerprint density at radius 1 is 1.10 bits per heavy atom. The van der Waals surface area contributed by atoms with Crippen LogP contribution in [0.1, 0.15) is 0 Å². The van der Waals surface area contributed by atoms with Crippen molar-refractivity contribution in [3.63, 3.8) is 0 Å². The van der Waals surface area contributed by atoms with E-state index in [9.17, 15) is 4.91 Å². The van der Waals surface area contributed by atoms with Crippen molar-refractivity contribution < 1.29 is 0 Å². The normalized spacial score (nSPS) is 10.6. The van der Waals surface area contributed by atoms with E-state index in [1.165, 1.54) is 7.05 Å². The molecule has 6 heteroatoms. The Bertz CT molecular complexity index is 807. The second kappa shape index (κ2) is 5.46. The van der Waals surface area contributed by atoms with Crippen LogP contribution in [-0.4, -0.2) is 17.0 Å². The molecule has 0 radical (unpaired) electrons. The molecular weight excluding hydrogens is 288 g/mol. The van der Waals surface area contributed by atoms with Crippen molar-refractivity contribution in [3.8, 4) is 11.3 Å². The van der Waals surface area contributed by atoms with Gasteiger partial charge in [-0.1, -0.05) is 41.9 Å². The highest BCUT2D eigenvalue weighted by atomic mass is 35.5. The van der Waals surface area contributed by atoms with Crippen molar-refractivity contribution in [1.29, 1.82) is 0 Å². The van der Waals surface area contributed by atoms with E-state index in [4.69, 9.17) is 11.6 Å². The van der Waals surface area contributed by atoms with Crippen LogP contribution in [0.15, 0.2) is 53.8 Å². The number of hydrogen-bond donors (Lipinski definition) is 0. The lowest BCUT2D eigenvalue weighted by atomic mass is 10.1. The van der Waals surface area contributed by atoms with Crippen molar-refractivity contribution in [3.05, 3.63) is 58.5 Å². The highest BCUT2D eigenvalue weighted by Crippen LogP contribution is 2.29. The van der Waals surface area contributed by atoms with Crippen molar-refractivity contribution >= 4 is 28.5 Å². The van der Waals surface area contributed by atoms with Gasteiger partial charge in [-0.15, -0.1) is 4.91 Å². The predicted molar refractivity (Wildman–Crippen MR) is 84.2 cm³/mol. The minimum atomic E-state index is 0.249. The van der Waals surface area contributed by atoms with Crippen LogP contribution in [-0.2, 0) is 0 Å². The minimum absolute atomic E-state index is 0.249. The SMILES string of the molecule is CN(N=O)c1nc(-c2ccccc2)c2cc(Cl)ccc2n1. The smallest absolute Gasteiger partial charge is 0.211 e. The molecule has 5 nitrogen and oxygen atoms in total. The molecular formula is C15H11ClN4O. The zero-order chi connectivity index (χ0) is 14.8. The van der Waals surface area contributed by atoms with Crippen LogP contribution in [0, 0.1) is 4.91 Å². The quantitative estimate of drug-likeness (QED) is 0.540. The van der Waals surface area contributed by atoms with Gasteiger partial charge in [0.2, 0.25) is 5.95 Å². The predicted octanol–water partition coefficient (Wildman–Crippen LogP) is 4.07. The monoisotopic (exact) mass is 298 g/mol. The maximum atomic E-state index is 10.7. The van der Waals surface area contributed by atoms with Gasteiger partial charge in [0.1, 0.15) is 0 Å². The molecule has 2 aromatic carbocycles. The van der Waals surface area contributed by atoms with Crippen LogP contribution in [0.5, 0.6) is 0 Å². The van der Waals surface area contributed by atoms with E-state index in [0.717, 1.165) is 16.0 Å². The van der Waals surface area contributed by atoms with Crippen molar-refractivity contribution in [2.75, 3.05) is 12.1 Å². The summed E-state index contributed by atoms with van der Waals surface area (Å²) in [7, 11) is 1.51. The van der Waals surface area contributed by atoms with Gasteiger partial charge in [-0.3, -0.25) is 0 Å². The van der Waals surface area contributed by atoms with E-state index in [1.54, 1.807) is 12.1 Å². The Balaban J connectivity index is 2.33. The van der Waals surface area contributed by atoms with E-state index in [1.807, 2.05) is 36.4 Å². The van der Waals surface area contributed by atoms with Crippen LogP contribution >= 0.6 is 11.6 Å². The van der Waals surface area contributed by atoms with Gasteiger partial charge in [0.05, 0.1) is 16.5 Å². The molecule has 104 valence electrons. The third kappa shape index (κ3) is 2.55. The standard InChI is InChI=1S/C15H11ClN4O/c1-20(19-21)15-17-13-8-7-11(16)9-12(13)14(18-15)10-5-3-2-4-6-10/h2-9H,1H3. The average Bonchev–Trinajstić information content (AvgIpc) is 2.54. The molecule has 0 N–H and O–H groups in total. The third-order valence-electron chi connectivity index (χ3n) is 3.11. The van der Waals surface area contributed by atoms with E-state index in [-0.39, 0.29) is 5.95 Å². The molecule has 1 heterocycles. The van der Waals surface area contributed by atoms with Gasteiger partial charge in [-0.25, -0.2) is 9.97 Å². The molecule has 3 aromatic rings. The average molecular weight is 299 g/mol. The first-order chi connectivity index (χ1) is 10.2. The molecule has 0 saturated carbocycles. The van der Waals surface area contributed by atoms with E-state index < -0.39 is 0 Å². The zero-order valence-corrected chi connectivity index (χ0v) is 11.9. The number of fused-ring (bicyclic) bond motifs is 1. The topological polar surface area (TPSA) is 58.5 Å². The van der Waals surface area contributed by atoms with Crippen molar-refractivity contribution in [1.82, 2.24) is 9.97 Å². The number of nitrogens with zero attached hydrogens (tertiary/aromatic N) is 4. The molecule has 0 aliphatic rings. The Hall–Kier alpha value is -2.53. The Morgan fingerprint density at radius 3 is 2.57 bits per heavy atom. The lowest BCUT2D eigenvalue weighted by molar-refractivity contribution is 0.934. The molecule has 0 aliphatic carbocycles. The summed E-state index contributed by atoms with van der Waals surface area (Å²) in [6, 6.07) is 15.0. The van der Waals surface area contributed by atoms with Gasteiger partial charge >= 0.3 is 0 Å². The van der Waals surface area contributed by atoms with Gasteiger partial charge in [0.25, 0.3) is 0 Å². The summed E-state index contributed by atoms with van der Waals surface area (Å²) in [5.74, 6) is 0.249. The van der Waals surface area contributed by atoms with Crippen LogP contribution in [0.4, 0.5) is 5.95 Å². The van der Waals surface area contributed by atoms with Crippen LogP contribution < -0.4 is 5.01 Å². The van der Waals surface area contributed by atoms with E-state index in [0.29, 0.717) is 16.2 Å². The number of aromatic nitrogens is 2. The first-order valence-electron chi connectivity index (χ1n) is 6.29. The Kier molecular flexibility index (Phi) is 3.50. The van der Waals surface area contributed by atoms with Crippen LogP contribution in [0.3, 0.4) is 0 Å². The molecule has 0 spiro atoms. The van der Waals surface area contributed by atoms with Crippen LogP contribution in [0.25, 0.3) is 22.2 Å². The van der Waals surface area contributed by atoms with Gasteiger partial charge in [0, 0.05) is 23.0 Å². The summed E-state index contributed by atoms with van der Waals surface area (Å²) >= 11 is 6.07. The fraction of sp³-hybridized carbons (Fsp3) is 0.0667. The molecule has 0 unspecified atom stereocenters. The van der Waals surface area contributed by atoms with Crippen LogP contribution in [0.2, 0.25) is 5.02 Å². The molecule has 0 fully saturated rings. The fourth-order valence-corrected chi connectivity index (χ4v) is 2.26. The maximum absolute atomic E-state index is 10.7. The highest BCUT2D eigenvalue weighted by molar-refractivity contribution is 6.31. The molecule has 1 aromatic heterocycles. The number of nitroso groups, excluding NO2 is 1. The summed E-state index contributed by atoms with van der Waals surface area (Å²) in [6.45, 7) is 0. The summed E-state index contributed by atoms with van der Waals surface area (Å²) < 4.78 is 0. The van der Waals surface area contributed by atoms with Gasteiger partial charge in [0.15, 0.2) is 0 Å². The summed E-state index contributed by atoms with van der Waals surface area (Å²) in [5.41, 5.74) is 2.35. The number of anilines is 1. The second-order valence-electron chi connectivity index (χ2n) is 4.50. The summed E-state index contributed by atoms with van der Waals surface area (Å²) in [6.07, 6.45) is 0. The zero-order valence-electron chi connectivity index (χ0n) is 11.2. The number of rotatable bonds is 3. The van der Waals surface area contributed by atoms with E-state index in [2.05, 4.69) is 15.3 Å². The third-order valence-corrected chi connectivity index (χ3v) is 3.34. The number of benzene rings is 2. The molecule has 0 bridgehead atoms. The second-order valence-corrected chi connectivity index (χ2v) is 4.94. The Morgan fingerprint density at radius 2 is 1.86 bits per heavy atom. The first kappa shape index (κ1) is 13.5. The Labute approximate surface area is 126 Å². The fourth-order valence-electron chi connectivity index (χ4n) is 2.09. The molecule has 21 heavy (non-hydrogen) atoms. The van der Waals surface area contributed by atoms with Crippen molar-refractivity contribution in [2.24, 2.45) is 5.29 Å². The number of hydrogen-bond acceptors (Lipinski definition) is 4. The minimum Gasteiger partial charge on any atom is -0.211 e. The van der Waals surface area contributed by atoms with Crippen molar-refractivity contribution in [2.45, 2.75) is 0 Å². The molecule has 0 amide bonds. The molecule has 0 atom stereocenters. The summed E-state index contributed by atoms with van der Waals surface area (Å²) in [5, 5.41) is 5.39. The number of halogens is 1. The lowest BCUT2D eigenvalue weighted by Gasteiger charge is -2.12. The molecule has 3 rings (SSSR count).